The molecule has 0 saturated heterocycles. The second-order valence-electron chi connectivity index (χ2n) is 3.91. The van der Waals surface area contributed by atoms with Crippen LogP contribution < -0.4 is 11.3 Å². The fraction of sp³-hybridized carbons (Fsp3) is 0.0714. The minimum atomic E-state index is -0.534. The molecule has 0 bridgehead atoms. The summed E-state index contributed by atoms with van der Waals surface area (Å²) < 4.78 is 14.8. The number of hydrogen-bond acceptors (Lipinski definition) is 2. The lowest BCUT2D eigenvalue weighted by molar-refractivity contribution is 0.631. The van der Waals surface area contributed by atoms with Crippen LogP contribution in [0.2, 0.25) is 0 Å². The molecule has 0 aliphatic rings. The number of pyridine rings is 1. The molecule has 0 aliphatic heterocycles. The summed E-state index contributed by atoms with van der Waals surface area (Å²) in [7, 11) is 0. The Balaban J connectivity index is 2.57. The number of anilines is 1. The number of hydrogen-bond donors (Lipinski definition) is 1. The molecule has 1 aromatic carbocycles. The Morgan fingerprint density at radius 2 is 2.17 bits per heavy atom. The largest absolute Gasteiger partial charge is 0.396 e. The average Bonchev–Trinajstić information content (AvgIpc) is 2.36. The van der Waals surface area contributed by atoms with E-state index in [1.54, 1.807) is 30.5 Å². The standard InChI is InChI=1S/C14H13FN2O/c1-2-4-10-5-3-8-17(14(10)18)11-6-7-13(16)12(15)9-11/h2-3,5-9H,1,4,16H2. The Labute approximate surface area is 104 Å². The van der Waals surface area contributed by atoms with Crippen LogP contribution in [0.5, 0.6) is 0 Å². The Bertz CT molecular complexity index is 646. The minimum Gasteiger partial charge on any atom is -0.396 e. The molecule has 4 heteroatoms. The first-order chi connectivity index (χ1) is 8.63. The molecule has 92 valence electrons. The van der Waals surface area contributed by atoms with E-state index in [1.807, 2.05) is 0 Å². The molecule has 0 radical (unpaired) electrons. The number of allylic oxidation sites excluding steroid dienone is 1. The summed E-state index contributed by atoms with van der Waals surface area (Å²) in [4.78, 5) is 12.1. The molecule has 2 rings (SSSR count). The fourth-order valence-corrected chi connectivity index (χ4v) is 1.72. The van der Waals surface area contributed by atoms with Crippen molar-refractivity contribution in [2.75, 3.05) is 5.73 Å². The lowest BCUT2D eigenvalue weighted by atomic mass is 10.2. The van der Waals surface area contributed by atoms with Gasteiger partial charge in [0.25, 0.3) is 5.56 Å². The van der Waals surface area contributed by atoms with Gasteiger partial charge in [0, 0.05) is 17.8 Å². The zero-order valence-electron chi connectivity index (χ0n) is 9.77. The van der Waals surface area contributed by atoms with E-state index in [9.17, 15) is 9.18 Å². The van der Waals surface area contributed by atoms with Crippen LogP contribution >= 0.6 is 0 Å². The van der Waals surface area contributed by atoms with E-state index in [2.05, 4.69) is 6.58 Å². The van der Waals surface area contributed by atoms with Crippen LogP contribution in [-0.2, 0) is 6.42 Å². The van der Waals surface area contributed by atoms with Crippen molar-refractivity contribution < 1.29 is 4.39 Å². The van der Waals surface area contributed by atoms with Crippen molar-refractivity contribution in [1.82, 2.24) is 4.57 Å². The lowest BCUT2D eigenvalue weighted by Crippen LogP contribution is -2.21. The highest BCUT2D eigenvalue weighted by atomic mass is 19.1. The van der Waals surface area contributed by atoms with Crippen molar-refractivity contribution in [2.45, 2.75) is 6.42 Å². The summed E-state index contributed by atoms with van der Waals surface area (Å²) in [5.41, 5.74) is 6.36. The fourth-order valence-electron chi connectivity index (χ4n) is 1.72. The zero-order chi connectivity index (χ0) is 13.1. The molecule has 0 atom stereocenters. The maximum atomic E-state index is 13.4. The molecule has 1 heterocycles. The smallest absolute Gasteiger partial charge is 0.258 e. The highest BCUT2D eigenvalue weighted by Crippen LogP contribution is 2.14. The number of nitrogens with zero attached hydrogens (tertiary/aromatic N) is 1. The van der Waals surface area contributed by atoms with Gasteiger partial charge in [-0.25, -0.2) is 4.39 Å². The topological polar surface area (TPSA) is 48.0 Å². The van der Waals surface area contributed by atoms with Crippen LogP contribution in [0.25, 0.3) is 5.69 Å². The first-order valence-corrected chi connectivity index (χ1v) is 5.50. The van der Waals surface area contributed by atoms with Crippen molar-refractivity contribution in [3.63, 3.8) is 0 Å². The van der Waals surface area contributed by atoms with Crippen LogP contribution in [0.4, 0.5) is 10.1 Å². The van der Waals surface area contributed by atoms with Gasteiger partial charge in [0.2, 0.25) is 0 Å². The van der Waals surface area contributed by atoms with E-state index >= 15 is 0 Å². The lowest BCUT2D eigenvalue weighted by Gasteiger charge is -2.08. The van der Waals surface area contributed by atoms with Gasteiger partial charge in [-0.2, -0.15) is 0 Å². The molecule has 0 unspecified atom stereocenters. The van der Waals surface area contributed by atoms with Gasteiger partial charge in [0.15, 0.2) is 0 Å². The second-order valence-corrected chi connectivity index (χ2v) is 3.91. The summed E-state index contributed by atoms with van der Waals surface area (Å²) in [5, 5.41) is 0. The van der Waals surface area contributed by atoms with Crippen LogP contribution in [0, 0.1) is 5.82 Å². The molecule has 1 aromatic heterocycles. The van der Waals surface area contributed by atoms with Crippen LogP contribution in [-0.4, -0.2) is 4.57 Å². The Morgan fingerprint density at radius 1 is 1.39 bits per heavy atom. The predicted molar refractivity (Wildman–Crippen MR) is 70.3 cm³/mol. The van der Waals surface area contributed by atoms with Crippen LogP contribution in [0.1, 0.15) is 5.56 Å². The number of halogens is 1. The van der Waals surface area contributed by atoms with Gasteiger partial charge in [0.05, 0.1) is 11.4 Å². The van der Waals surface area contributed by atoms with Gasteiger partial charge in [-0.1, -0.05) is 12.1 Å². The van der Waals surface area contributed by atoms with Gasteiger partial charge in [-0.15, -0.1) is 6.58 Å². The highest BCUT2D eigenvalue weighted by molar-refractivity contribution is 5.46. The summed E-state index contributed by atoms with van der Waals surface area (Å²) in [6.45, 7) is 3.60. The summed E-state index contributed by atoms with van der Waals surface area (Å²) in [6, 6.07) is 7.77. The van der Waals surface area contributed by atoms with Gasteiger partial charge in [-0.05, 0) is 24.6 Å². The second kappa shape index (κ2) is 4.87. The van der Waals surface area contributed by atoms with Crippen LogP contribution in [0.15, 0.2) is 54.0 Å². The maximum absolute atomic E-state index is 13.4. The number of nitrogens with two attached hydrogens (primary N) is 1. The SMILES string of the molecule is C=CCc1cccn(-c2ccc(N)c(F)c2)c1=O. The number of benzene rings is 1. The van der Waals surface area contributed by atoms with E-state index in [-0.39, 0.29) is 11.2 Å². The van der Waals surface area contributed by atoms with Crippen molar-refractivity contribution in [2.24, 2.45) is 0 Å². The number of rotatable bonds is 3. The Hall–Kier alpha value is -2.36. The zero-order valence-corrected chi connectivity index (χ0v) is 9.77. The van der Waals surface area contributed by atoms with E-state index in [0.717, 1.165) is 0 Å². The molecular formula is C14H13FN2O. The molecule has 0 aliphatic carbocycles. The van der Waals surface area contributed by atoms with E-state index in [1.165, 1.54) is 16.7 Å². The number of nitrogen functional groups attached to an aromatic ring is 1. The third-order valence-electron chi connectivity index (χ3n) is 2.65. The molecule has 3 nitrogen and oxygen atoms in total. The highest BCUT2D eigenvalue weighted by Gasteiger charge is 2.06. The molecule has 0 amide bonds. The quantitative estimate of drug-likeness (QED) is 0.665. The minimum absolute atomic E-state index is 0.0639. The van der Waals surface area contributed by atoms with Gasteiger partial charge >= 0.3 is 0 Å². The van der Waals surface area contributed by atoms with Crippen molar-refractivity contribution >= 4 is 5.69 Å². The molecule has 2 aromatic rings. The normalized spacial score (nSPS) is 10.3. The van der Waals surface area contributed by atoms with Crippen molar-refractivity contribution in [3.05, 3.63) is 70.9 Å². The van der Waals surface area contributed by atoms with Crippen molar-refractivity contribution in [3.8, 4) is 5.69 Å². The molecular weight excluding hydrogens is 231 g/mol. The summed E-state index contributed by atoms with van der Waals surface area (Å²) in [5.74, 6) is -0.534. The predicted octanol–water partition coefficient (Wildman–Crippen LogP) is 2.29. The van der Waals surface area contributed by atoms with Crippen LogP contribution in [0.3, 0.4) is 0 Å². The Morgan fingerprint density at radius 3 is 2.83 bits per heavy atom. The first kappa shape index (κ1) is 12.1. The third-order valence-corrected chi connectivity index (χ3v) is 2.65. The summed E-state index contributed by atoms with van der Waals surface area (Å²) >= 11 is 0. The van der Waals surface area contributed by atoms with Gasteiger partial charge < -0.3 is 5.73 Å². The first-order valence-electron chi connectivity index (χ1n) is 5.50. The monoisotopic (exact) mass is 244 g/mol. The Kier molecular flexibility index (Phi) is 3.28. The average molecular weight is 244 g/mol. The van der Waals surface area contributed by atoms with Gasteiger partial charge in [-0.3, -0.25) is 9.36 Å². The molecule has 0 spiro atoms. The molecule has 0 fully saturated rings. The molecule has 0 saturated carbocycles. The molecule has 2 N–H and O–H groups in total. The van der Waals surface area contributed by atoms with E-state index in [0.29, 0.717) is 17.7 Å². The van der Waals surface area contributed by atoms with E-state index in [4.69, 9.17) is 5.73 Å². The van der Waals surface area contributed by atoms with Crippen molar-refractivity contribution in [1.29, 1.82) is 0 Å². The van der Waals surface area contributed by atoms with E-state index < -0.39 is 5.82 Å². The summed E-state index contributed by atoms with van der Waals surface area (Å²) in [6.07, 6.45) is 3.74. The van der Waals surface area contributed by atoms with Gasteiger partial charge in [0.1, 0.15) is 5.82 Å². The maximum Gasteiger partial charge on any atom is 0.258 e. The third kappa shape index (κ3) is 2.18. The molecule has 18 heavy (non-hydrogen) atoms. The number of aromatic nitrogens is 1.